The van der Waals surface area contributed by atoms with Gasteiger partial charge >= 0.3 is 0 Å². The third kappa shape index (κ3) is 2.38. The zero-order valence-corrected chi connectivity index (χ0v) is 8.93. The summed E-state index contributed by atoms with van der Waals surface area (Å²) >= 11 is 1.49. The number of hydrogen-bond acceptors (Lipinski definition) is 2. The van der Waals surface area contributed by atoms with Gasteiger partial charge in [-0.2, -0.15) is 0 Å². The van der Waals surface area contributed by atoms with Gasteiger partial charge in [0.05, 0.1) is 0 Å². The number of hydrogen-bond donors (Lipinski definition) is 0. The molecule has 0 aromatic carbocycles. The van der Waals surface area contributed by atoms with E-state index in [0.717, 1.165) is 31.3 Å². The molecule has 0 fully saturated rings. The van der Waals surface area contributed by atoms with Crippen LogP contribution in [0, 0.1) is 0 Å². The molecule has 14 heavy (non-hydrogen) atoms. The minimum absolute atomic E-state index is 0.269. The van der Waals surface area contributed by atoms with Gasteiger partial charge in [0.15, 0.2) is 0 Å². The summed E-state index contributed by atoms with van der Waals surface area (Å²) in [6.07, 6.45) is 14.6. The Morgan fingerprint density at radius 3 is 2.93 bits per heavy atom. The number of allylic oxidation sites excluding steroid dienone is 4. The molecule has 0 aromatic heterocycles. The van der Waals surface area contributed by atoms with Gasteiger partial charge < -0.3 is 0 Å². The fraction of sp³-hybridized carbons (Fsp3) is 0.417. The van der Waals surface area contributed by atoms with Crippen LogP contribution in [-0.4, -0.2) is 10.4 Å². The van der Waals surface area contributed by atoms with Gasteiger partial charge in [0.1, 0.15) is 0 Å². The molecule has 0 amide bonds. The zero-order chi connectivity index (χ0) is 9.80. The summed E-state index contributed by atoms with van der Waals surface area (Å²) < 4.78 is 0. The van der Waals surface area contributed by atoms with Gasteiger partial charge in [-0.1, -0.05) is 42.1 Å². The minimum atomic E-state index is 0.269. The van der Waals surface area contributed by atoms with Crippen molar-refractivity contribution in [3.05, 3.63) is 36.0 Å². The Hall–Kier alpha value is -0.760. The Morgan fingerprint density at radius 1 is 1.36 bits per heavy atom. The molecule has 74 valence electrons. The summed E-state index contributed by atoms with van der Waals surface area (Å²) in [5.74, 6) is 0. The minimum Gasteiger partial charge on any atom is -0.282 e. The van der Waals surface area contributed by atoms with Crippen molar-refractivity contribution in [3.8, 4) is 0 Å². The topological polar surface area (TPSA) is 17.1 Å². The fourth-order valence-corrected chi connectivity index (χ4v) is 2.73. The lowest BCUT2D eigenvalue weighted by atomic mass is 10.1. The summed E-state index contributed by atoms with van der Waals surface area (Å²) in [4.78, 5) is 11.8. The molecular formula is C12H14OS. The summed E-state index contributed by atoms with van der Waals surface area (Å²) in [5, 5.41) is 0.695. The quantitative estimate of drug-likeness (QED) is 0.645. The van der Waals surface area contributed by atoms with Crippen LogP contribution in [0.15, 0.2) is 36.0 Å². The van der Waals surface area contributed by atoms with Crippen LogP contribution in [0.25, 0.3) is 0 Å². The van der Waals surface area contributed by atoms with Crippen molar-refractivity contribution in [2.45, 2.75) is 30.9 Å². The predicted octanol–water partition coefficient (Wildman–Crippen LogP) is 3.24. The van der Waals surface area contributed by atoms with Gasteiger partial charge in [0.2, 0.25) is 5.12 Å². The van der Waals surface area contributed by atoms with E-state index in [4.69, 9.17) is 0 Å². The molecule has 0 spiro atoms. The van der Waals surface area contributed by atoms with Crippen LogP contribution in [0.5, 0.6) is 0 Å². The second kappa shape index (κ2) is 4.65. The summed E-state index contributed by atoms with van der Waals surface area (Å²) in [5.41, 5.74) is 0.984. The van der Waals surface area contributed by atoms with E-state index >= 15 is 0 Å². The maximum absolute atomic E-state index is 11.8. The van der Waals surface area contributed by atoms with E-state index in [-0.39, 0.29) is 5.12 Å². The number of carbonyl (C=O) groups excluding carboxylic acids is 1. The average molecular weight is 206 g/mol. The largest absolute Gasteiger partial charge is 0.282 e. The van der Waals surface area contributed by atoms with Crippen molar-refractivity contribution >= 4 is 16.9 Å². The van der Waals surface area contributed by atoms with Crippen molar-refractivity contribution in [3.63, 3.8) is 0 Å². The first-order valence-corrected chi connectivity index (χ1v) is 5.97. The van der Waals surface area contributed by atoms with Gasteiger partial charge in [-0.25, -0.2) is 0 Å². The second-order valence-electron chi connectivity index (χ2n) is 3.61. The smallest absolute Gasteiger partial charge is 0.215 e. The van der Waals surface area contributed by atoms with E-state index in [1.807, 2.05) is 12.2 Å². The van der Waals surface area contributed by atoms with E-state index in [0.29, 0.717) is 5.25 Å². The van der Waals surface area contributed by atoms with Gasteiger partial charge in [-0.3, -0.25) is 4.79 Å². The van der Waals surface area contributed by atoms with Crippen LogP contribution in [0.1, 0.15) is 25.7 Å². The maximum Gasteiger partial charge on any atom is 0.215 e. The SMILES string of the molecule is O=C(S[C@H]1C=CCC1)C1=CC=CCC1. The van der Waals surface area contributed by atoms with Gasteiger partial charge in [-0.15, -0.1) is 0 Å². The Labute approximate surface area is 89.0 Å². The van der Waals surface area contributed by atoms with Crippen molar-refractivity contribution in [1.29, 1.82) is 0 Å². The lowest BCUT2D eigenvalue weighted by Gasteiger charge is -2.10. The lowest BCUT2D eigenvalue weighted by molar-refractivity contribution is -0.108. The Kier molecular flexibility index (Phi) is 3.25. The first-order valence-electron chi connectivity index (χ1n) is 5.09. The first kappa shape index (κ1) is 9.78. The standard InChI is InChI=1S/C12H14OS/c13-12(10-6-2-1-3-7-10)14-11-8-4-5-9-11/h1-2,4,6,8,11H,3,5,7,9H2/t11-/m0/s1. The molecular weight excluding hydrogens is 192 g/mol. The number of thioether (sulfide) groups is 1. The van der Waals surface area contributed by atoms with Crippen LogP contribution in [0.4, 0.5) is 0 Å². The molecule has 0 unspecified atom stereocenters. The highest BCUT2D eigenvalue weighted by Gasteiger charge is 2.17. The highest BCUT2D eigenvalue weighted by atomic mass is 32.2. The van der Waals surface area contributed by atoms with E-state index in [1.54, 1.807) is 0 Å². The summed E-state index contributed by atoms with van der Waals surface area (Å²) in [6.45, 7) is 0. The molecule has 2 aliphatic rings. The normalized spacial score (nSPS) is 25.1. The molecule has 1 nitrogen and oxygen atoms in total. The third-order valence-corrected chi connectivity index (χ3v) is 3.67. The highest BCUT2D eigenvalue weighted by molar-refractivity contribution is 8.14. The molecule has 0 heterocycles. The molecule has 2 aliphatic carbocycles. The monoisotopic (exact) mass is 206 g/mol. The lowest BCUT2D eigenvalue weighted by Crippen LogP contribution is -2.05. The maximum atomic E-state index is 11.8. The summed E-state index contributed by atoms with van der Waals surface area (Å²) in [7, 11) is 0. The van der Waals surface area contributed by atoms with E-state index < -0.39 is 0 Å². The van der Waals surface area contributed by atoms with Crippen LogP contribution in [0.3, 0.4) is 0 Å². The average Bonchev–Trinajstić information content (AvgIpc) is 2.72. The van der Waals surface area contributed by atoms with E-state index in [1.165, 1.54) is 11.8 Å². The molecule has 0 saturated heterocycles. The first-order chi connectivity index (χ1) is 6.86. The molecule has 0 saturated carbocycles. The number of rotatable bonds is 2. The predicted molar refractivity (Wildman–Crippen MR) is 61.2 cm³/mol. The molecule has 1 atom stereocenters. The van der Waals surface area contributed by atoms with Crippen molar-refractivity contribution < 1.29 is 4.79 Å². The van der Waals surface area contributed by atoms with Crippen molar-refractivity contribution in [2.24, 2.45) is 0 Å². The second-order valence-corrected chi connectivity index (χ2v) is 4.82. The third-order valence-electron chi connectivity index (χ3n) is 2.50. The van der Waals surface area contributed by atoms with E-state index in [2.05, 4.69) is 18.2 Å². The van der Waals surface area contributed by atoms with Crippen LogP contribution in [0.2, 0.25) is 0 Å². The van der Waals surface area contributed by atoms with Crippen molar-refractivity contribution in [1.82, 2.24) is 0 Å². The Morgan fingerprint density at radius 2 is 2.29 bits per heavy atom. The molecule has 0 bridgehead atoms. The van der Waals surface area contributed by atoms with Crippen LogP contribution >= 0.6 is 11.8 Å². The van der Waals surface area contributed by atoms with Crippen LogP contribution < -0.4 is 0 Å². The fourth-order valence-electron chi connectivity index (χ4n) is 1.69. The Balaban J connectivity index is 1.91. The highest BCUT2D eigenvalue weighted by Crippen LogP contribution is 2.28. The van der Waals surface area contributed by atoms with Gasteiger partial charge in [0, 0.05) is 10.8 Å². The molecule has 0 aromatic rings. The summed E-state index contributed by atoms with van der Waals surface area (Å²) in [6, 6.07) is 0. The number of carbonyl (C=O) groups is 1. The molecule has 2 rings (SSSR count). The van der Waals surface area contributed by atoms with Crippen molar-refractivity contribution in [2.75, 3.05) is 0 Å². The molecule has 0 N–H and O–H groups in total. The van der Waals surface area contributed by atoms with Gasteiger partial charge in [0.25, 0.3) is 0 Å². The Bertz CT molecular complexity index is 312. The molecule has 2 heteroatoms. The molecule has 0 radical (unpaired) electrons. The van der Waals surface area contributed by atoms with Crippen LogP contribution in [-0.2, 0) is 4.79 Å². The van der Waals surface area contributed by atoms with E-state index in [9.17, 15) is 4.79 Å². The molecule has 0 aliphatic heterocycles. The van der Waals surface area contributed by atoms with Gasteiger partial charge in [-0.05, 0) is 25.7 Å². The zero-order valence-electron chi connectivity index (χ0n) is 8.11.